The standard InChI is InChI=1S/C9H21N3O2S/c1-4-6-11(3)15(13,14)12-7-5-9(8-12)10-2/h9-10H,4-8H2,1-3H3. The van der Waals surface area contributed by atoms with E-state index in [1.807, 2.05) is 14.0 Å². The van der Waals surface area contributed by atoms with Crippen LogP contribution in [0, 0.1) is 0 Å². The van der Waals surface area contributed by atoms with Crippen molar-refractivity contribution < 1.29 is 8.42 Å². The van der Waals surface area contributed by atoms with E-state index in [0.29, 0.717) is 25.7 Å². The first-order chi connectivity index (χ1) is 7.02. The molecule has 6 heteroatoms. The molecule has 0 spiro atoms. The van der Waals surface area contributed by atoms with Crippen LogP contribution in [0.2, 0.25) is 0 Å². The van der Waals surface area contributed by atoms with Gasteiger partial charge in [-0.3, -0.25) is 0 Å². The number of nitrogens with zero attached hydrogens (tertiary/aromatic N) is 2. The van der Waals surface area contributed by atoms with E-state index in [1.165, 1.54) is 4.31 Å². The van der Waals surface area contributed by atoms with Crippen LogP contribution in [0.4, 0.5) is 0 Å². The number of rotatable bonds is 5. The van der Waals surface area contributed by atoms with Gasteiger partial charge in [-0.05, 0) is 19.9 Å². The van der Waals surface area contributed by atoms with Crippen molar-refractivity contribution in [2.45, 2.75) is 25.8 Å². The van der Waals surface area contributed by atoms with Crippen LogP contribution in [0.15, 0.2) is 0 Å². The molecule has 0 saturated carbocycles. The van der Waals surface area contributed by atoms with Crippen LogP contribution in [0.3, 0.4) is 0 Å². The van der Waals surface area contributed by atoms with Crippen LogP contribution in [-0.4, -0.2) is 56.8 Å². The molecule has 5 nitrogen and oxygen atoms in total. The Hall–Kier alpha value is -0.170. The topological polar surface area (TPSA) is 52.7 Å². The Morgan fingerprint density at radius 1 is 1.53 bits per heavy atom. The molecule has 1 fully saturated rings. The molecule has 0 bridgehead atoms. The first kappa shape index (κ1) is 12.9. The fourth-order valence-electron chi connectivity index (χ4n) is 1.80. The number of nitrogens with one attached hydrogen (secondary N) is 1. The molecule has 1 atom stereocenters. The van der Waals surface area contributed by atoms with Crippen LogP contribution in [0.1, 0.15) is 19.8 Å². The van der Waals surface area contributed by atoms with Crippen molar-refractivity contribution in [3.63, 3.8) is 0 Å². The third kappa shape index (κ3) is 2.90. The van der Waals surface area contributed by atoms with Crippen molar-refractivity contribution >= 4 is 10.2 Å². The SMILES string of the molecule is CCCN(C)S(=O)(=O)N1CCC(NC)C1. The fourth-order valence-corrected chi connectivity index (χ4v) is 3.31. The van der Waals surface area contributed by atoms with Gasteiger partial charge in [0.25, 0.3) is 10.2 Å². The van der Waals surface area contributed by atoms with E-state index >= 15 is 0 Å². The van der Waals surface area contributed by atoms with Gasteiger partial charge in [0.2, 0.25) is 0 Å². The van der Waals surface area contributed by atoms with Gasteiger partial charge in [-0.1, -0.05) is 6.92 Å². The Morgan fingerprint density at radius 2 is 2.20 bits per heavy atom. The second-order valence-electron chi connectivity index (χ2n) is 3.96. The van der Waals surface area contributed by atoms with Gasteiger partial charge in [-0.2, -0.15) is 17.0 Å². The lowest BCUT2D eigenvalue weighted by atomic mass is 10.3. The Labute approximate surface area is 92.6 Å². The number of hydrogen-bond donors (Lipinski definition) is 1. The van der Waals surface area contributed by atoms with Gasteiger partial charge < -0.3 is 5.32 Å². The molecule has 1 aliphatic heterocycles. The Bertz CT molecular complexity index is 292. The molecule has 0 aliphatic carbocycles. The summed E-state index contributed by atoms with van der Waals surface area (Å²) in [5.41, 5.74) is 0. The second-order valence-corrected chi connectivity index (χ2v) is 6.00. The quantitative estimate of drug-likeness (QED) is 0.722. The molecule has 0 aromatic carbocycles. The zero-order chi connectivity index (χ0) is 11.5. The van der Waals surface area contributed by atoms with Gasteiger partial charge in [0.1, 0.15) is 0 Å². The average Bonchev–Trinajstić information content (AvgIpc) is 2.66. The minimum atomic E-state index is -3.22. The molecular weight excluding hydrogens is 214 g/mol. The van der Waals surface area contributed by atoms with E-state index < -0.39 is 10.2 Å². The molecule has 1 unspecified atom stereocenters. The summed E-state index contributed by atoms with van der Waals surface area (Å²) < 4.78 is 27.0. The smallest absolute Gasteiger partial charge is 0.281 e. The van der Waals surface area contributed by atoms with Crippen LogP contribution >= 0.6 is 0 Å². The van der Waals surface area contributed by atoms with Gasteiger partial charge in [-0.15, -0.1) is 0 Å². The minimum absolute atomic E-state index is 0.301. The van der Waals surface area contributed by atoms with E-state index in [9.17, 15) is 8.42 Å². The average molecular weight is 235 g/mol. The van der Waals surface area contributed by atoms with Gasteiger partial charge in [0.15, 0.2) is 0 Å². The second kappa shape index (κ2) is 5.25. The molecule has 0 aromatic rings. The van der Waals surface area contributed by atoms with E-state index in [1.54, 1.807) is 11.4 Å². The monoisotopic (exact) mass is 235 g/mol. The minimum Gasteiger partial charge on any atom is -0.316 e. The highest BCUT2D eigenvalue weighted by Gasteiger charge is 2.32. The summed E-state index contributed by atoms with van der Waals surface area (Å²) in [6.07, 6.45) is 1.74. The van der Waals surface area contributed by atoms with Gasteiger partial charge in [0.05, 0.1) is 0 Å². The van der Waals surface area contributed by atoms with Gasteiger partial charge in [-0.25, -0.2) is 0 Å². The fraction of sp³-hybridized carbons (Fsp3) is 1.00. The number of likely N-dealkylation sites (N-methyl/N-ethyl adjacent to an activating group) is 1. The van der Waals surface area contributed by atoms with Crippen molar-refractivity contribution in [1.82, 2.24) is 13.9 Å². The maximum Gasteiger partial charge on any atom is 0.281 e. The summed E-state index contributed by atoms with van der Waals surface area (Å²) >= 11 is 0. The largest absolute Gasteiger partial charge is 0.316 e. The molecule has 90 valence electrons. The normalized spacial score (nSPS) is 23.9. The van der Waals surface area contributed by atoms with Crippen LogP contribution in [-0.2, 0) is 10.2 Å². The van der Waals surface area contributed by atoms with Crippen LogP contribution in [0.5, 0.6) is 0 Å². The van der Waals surface area contributed by atoms with Crippen LogP contribution < -0.4 is 5.32 Å². The van der Waals surface area contributed by atoms with Crippen molar-refractivity contribution in [3.8, 4) is 0 Å². The Morgan fingerprint density at radius 3 is 2.67 bits per heavy atom. The molecular formula is C9H21N3O2S. The highest BCUT2D eigenvalue weighted by Crippen LogP contribution is 2.15. The zero-order valence-electron chi connectivity index (χ0n) is 9.73. The van der Waals surface area contributed by atoms with Crippen molar-refractivity contribution in [1.29, 1.82) is 0 Å². The first-order valence-electron chi connectivity index (χ1n) is 5.41. The van der Waals surface area contributed by atoms with E-state index in [0.717, 1.165) is 12.8 Å². The third-order valence-electron chi connectivity index (χ3n) is 2.82. The summed E-state index contributed by atoms with van der Waals surface area (Å²) in [5, 5.41) is 3.11. The van der Waals surface area contributed by atoms with Crippen molar-refractivity contribution in [2.75, 3.05) is 33.7 Å². The van der Waals surface area contributed by atoms with Crippen molar-refractivity contribution in [2.24, 2.45) is 0 Å². The summed E-state index contributed by atoms with van der Waals surface area (Å²) in [6.45, 7) is 3.78. The predicted octanol–water partition coefficient (Wildman–Crippen LogP) is -0.133. The highest BCUT2D eigenvalue weighted by molar-refractivity contribution is 7.86. The zero-order valence-corrected chi connectivity index (χ0v) is 10.5. The summed E-state index contributed by atoms with van der Waals surface area (Å²) in [5.74, 6) is 0. The molecule has 15 heavy (non-hydrogen) atoms. The molecule has 1 saturated heterocycles. The molecule has 0 radical (unpaired) electrons. The maximum atomic E-state index is 12.0. The molecule has 0 amide bonds. The molecule has 0 aromatic heterocycles. The van der Waals surface area contributed by atoms with Crippen LogP contribution in [0.25, 0.3) is 0 Å². The predicted molar refractivity (Wildman–Crippen MR) is 60.9 cm³/mol. The number of hydrogen-bond acceptors (Lipinski definition) is 3. The van der Waals surface area contributed by atoms with Gasteiger partial charge in [0, 0.05) is 32.7 Å². The lowest BCUT2D eigenvalue weighted by Gasteiger charge is -2.23. The third-order valence-corrected chi connectivity index (χ3v) is 4.77. The van der Waals surface area contributed by atoms with E-state index in [2.05, 4.69) is 5.32 Å². The molecule has 1 rings (SSSR count). The molecule has 1 heterocycles. The van der Waals surface area contributed by atoms with E-state index in [-0.39, 0.29) is 0 Å². The highest BCUT2D eigenvalue weighted by atomic mass is 32.2. The van der Waals surface area contributed by atoms with Gasteiger partial charge >= 0.3 is 0 Å². The first-order valence-corrected chi connectivity index (χ1v) is 6.80. The summed E-state index contributed by atoms with van der Waals surface area (Å²) in [6, 6.07) is 0.301. The Balaban J connectivity index is 2.63. The lowest BCUT2D eigenvalue weighted by molar-refractivity contribution is 0.389. The maximum absolute atomic E-state index is 12.0. The summed E-state index contributed by atoms with van der Waals surface area (Å²) in [7, 11) is 0.299. The summed E-state index contributed by atoms with van der Waals surface area (Å²) in [4.78, 5) is 0. The Kier molecular flexibility index (Phi) is 4.51. The molecule has 1 aliphatic rings. The van der Waals surface area contributed by atoms with E-state index in [4.69, 9.17) is 0 Å². The molecule has 1 N–H and O–H groups in total. The van der Waals surface area contributed by atoms with Crippen molar-refractivity contribution in [3.05, 3.63) is 0 Å². The lowest BCUT2D eigenvalue weighted by Crippen LogP contribution is -2.42.